The molecule has 3 rings (SSSR count). The topological polar surface area (TPSA) is 52.6 Å². The summed E-state index contributed by atoms with van der Waals surface area (Å²) in [6.07, 6.45) is 5.18. The molecule has 1 aliphatic heterocycles. The van der Waals surface area contributed by atoms with Gasteiger partial charge in [-0.25, -0.2) is 9.97 Å². The third kappa shape index (κ3) is 5.76. The first-order valence-corrected chi connectivity index (χ1v) is 11.2. The van der Waals surface area contributed by atoms with Crippen LogP contribution >= 0.6 is 15.9 Å². The van der Waals surface area contributed by atoms with Gasteiger partial charge < -0.3 is 14.7 Å². The molecule has 0 bridgehead atoms. The van der Waals surface area contributed by atoms with Crippen LogP contribution in [-0.2, 0) is 4.79 Å². The lowest BCUT2D eigenvalue weighted by atomic mass is 9.95. The number of piperidine rings is 1. The molecule has 1 aliphatic rings. The normalized spacial score (nSPS) is 15.0. The first-order chi connectivity index (χ1) is 14.1. The average molecular weight is 460 g/mol. The van der Waals surface area contributed by atoms with E-state index in [4.69, 9.17) is 0 Å². The first-order valence-electron chi connectivity index (χ1n) is 10.4. The maximum Gasteiger partial charge on any atom is 0.230 e. The molecule has 1 saturated heterocycles. The zero-order valence-corrected chi connectivity index (χ0v) is 18.9. The van der Waals surface area contributed by atoms with Gasteiger partial charge in [-0.2, -0.15) is 0 Å². The van der Waals surface area contributed by atoms with Crippen LogP contribution in [0.25, 0.3) is 0 Å². The van der Waals surface area contributed by atoms with E-state index in [1.54, 1.807) is 12.4 Å². The second kappa shape index (κ2) is 10.7. The van der Waals surface area contributed by atoms with Crippen molar-refractivity contribution >= 4 is 33.5 Å². The quantitative estimate of drug-likeness (QED) is 0.600. The summed E-state index contributed by atoms with van der Waals surface area (Å²) in [6.45, 7) is 9.51. The Morgan fingerprint density at radius 1 is 1.10 bits per heavy atom. The zero-order valence-electron chi connectivity index (χ0n) is 17.3. The van der Waals surface area contributed by atoms with Crippen LogP contribution in [0, 0.1) is 5.92 Å². The molecule has 0 aliphatic carbocycles. The van der Waals surface area contributed by atoms with Crippen LogP contribution in [0.5, 0.6) is 0 Å². The number of rotatable bonds is 8. The SMILES string of the molecule is CCN(CC)CCN(C(=O)C1CCN(c2ncccn2)CC1)c1cccc(Br)c1. The minimum atomic E-state index is 0.0330. The maximum atomic E-state index is 13.5. The molecule has 0 atom stereocenters. The Bertz CT molecular complexity index is 776. The molecule has 2 aromatic rings. The first kappa shape index (κ1) is 21.7. The highest BCUT2D eigenvalue weighted by Gasteiger charge is 2.30. The minimum absolute atomic E-state index is 0.0330. The standard InChI is InChI=1S/C22H30BrN5O/c1-3-26(4-2)15-16-28(20-8-5-7-19(23)17-20)21(29)18-9-13-27(14-10-18)22-24-11-6-12-25-22/h5-8,11-12,17-18H,3-4,9-10,13-16H2,1-2H3. The van der Waals surface area contributed by atoms with Crippen molar-refractivity contribution in [2.45, 2.75) is 26.7 Å². The fourth-order valence-electron chi connectivity index (χ4n) is 3.79. The number of hydrogen-bond donors (Lipinski definition) is 0. The number of aromatic nitrogens is 2. The van der Waals surface area contributed by atoms with Gasteiger partial charge in [0.15, 0.2) is 0 Å². The molecule has 2 heterocycles. The van der Waals surface area contributed by atoms with Crippen molar-refractivity contribution < 1.29 is 4.79 Å². The molecule has 0 N–H and O–H groups in total. The highest BCUT2D eigenvalue weighted by atomic mass is 79.9. The second-order valence-electron chi connectivity index (χ2n) is 7.31. The Morgan fingerprint density at radius 2 is 1.79 bits per heavy atom. The van der Waals surface area contributed by atoms with E-state index < -0.39 is 0 Å². The number of halogens is 1. The van der Waals surface area contributed by atoms with Crippen LogP contribution in [-0.4, -0.2) is 60.0 Å². The predicted molar refractivity (Wildman–Crippen MR) is 121 cm³/mol. The van der Waals surface area contributed by atoms with Gasteiger partial charge in [-0.1, -0.05) is 35.8 Å². The van der Waals surface area contributed by atoms with Crippen LogP contribution in [0.15, 0.2) is 47.2 Å². The van der Waals surface area contributed by atoms with E-state index in [2.05, 4.69) is 49.5 Å². The molecule has 0 spiro atoms. The number of carbonyl (C=O) groups is 1. The molecule has 0 unspecified atom stereocenters. The molecule has 6 nitrogen and oxygen atoms in total. The summed E-state index contributed by atoms with van der Waals surface area (Å²) in [6, 6.07) is 9.87. The Kier molecular flexibility index (Phi) is 8.00. The van der Waals surface area contributed by atoms with Crippen LogP contribution in [0.3, 0.4) is 0 Å². The zero-order chi connectivity index (χ0) is 20.6. The van der Waals surface area contributed by atoms with Crippen molar-refractivity contribution in [3.05, 3.63) is 47.2 Å². The Hall–Kier alpha value is -1.99. The van der Waals surface area contributed by atoms with Gasteiger partial charge in [-0.15, -0.1) is 0 Å². The summed E-state index contributed by atoms with van der Waals surface area (Å²) in [5.74, 6) is 1.01. The van der Waals surface area contributed by atoms with E-state index in [1.165, 1.54) is 0 Å². The van der Waals surface area contributed by atoms with E-state index in [9.17, 15) is 4.79 Å². The molecule has 29 heavy (non-hydrogen) atoms. The molecular formula is C22H30BrN5O. The smallest absolute Gasteiger partial charge is 0.230 e. The highest BCUT2D eigenvalue weighted by molar-refractivity contribution is 9.10. The number of nitrogens with zero attached hydrogens (tertiary/aromatic N) is 5. The third-order valence-electron chi connectivity index (χ3n) is 5.60. The summed E-state index contributed by atoms with van der Waals surface area (Å²) < 4.78 is 0.992. The molecule has 7 heteroatoms. The molecule has 156 valence electrons. The van der Waals surface area contributed by atoms with Crippen molar-refractivity contribution in [1.29, 1.82) is 0 Å². The lowest BCUT2D eigenvalue weighted by molar-refractivity contribution is -0.123. The molecule has 1 amide bonds. The Labute approximate surface area is 182 Å². The minimum Gasteiger partial charge on any atom is -0.341 e. The Balaban J connectivity index is 1.69. The summed E-state index contributed by atoms with van der Waals surface area (Å²) in [5, 5.41) is 0. The number of benzene rings is 1. The fraction of sp³-hybridized carbons (Fsp3) is 0.500. The van der Waals surface area contributed by atoms with Crippen molar-refractivity contribution in [2.24, 2.45) is 5.92 Å². The number of amides is 1. The van der Waals surface area contributed by atoms with Crippen LogP contribution < -0.4 is 9.80 Å². The number of hydrogen-bond acceptors (Lipinski definition) is 5. The van der Waals surface area contributed by atoms with Crippen LogP contribution in [0.4, 0.5) is 11.6 Å². The van der Waals surface area contributed by atoms with Gasteiger partial charge in [0.2, 0.25) is 11.9 Å². The van der Waals surface area contributed by atoms with Gasteiger partial charge >= 0.3 is 0 Å². The summed E-state index contributed by atoms with van der Waals surface area (Å²) in [7, 11) is 0. The van der Waals surface area contributed by atoms with Gasteiger partial charge in [0.05, 0.1) is 0 Å². The molecular weight excluding hydrogens is 430 g/mol. The van der Waals surface area contributed by atoms with E-state index in [1.807, 2.05) is 35.2 Å². The van der Waals surface area contributed by atoms with Gasteiger partial charge in [0.1, 0.15) is 0 Å². The summed E-state index contributed by atoms with van der Waals surface area (Å²) in [5.41, 5.74) is 0.963. The maximum absolute atomic E-state index is 13.5. The summed E-state index contributed by atoms with van der Waals surface area (Å²) in [4.78, 5) is 28.7. The summed E-state index contributed by atoms with van der Waals surface area (Å²) >= 11 is 3.55. The van der Waals surface area contributed by atoms with E-state index >= 15 is 0 Å². The van der Waals surface area contributed by atoms with E-state index in [-0.39, 0.29) is 11.8 Å². The predicted octanol–water partition coefficient (Wildman–Crippen LogP) is 3.83. The molecule has 1 aromatic carbocycles. The van der Waals surface area contributed by atoms with Crippen LogP contribution in [0.2, 0.25) is 0 Å². The largest absolute Gasteiger partial charge is 0.341 e. The lowest BCUT2D eigenvalue weighted by Crippen LogP contribution is -2.45. The molecule has 1 aromatic heterocycles. The third-order valence-corrected chi connectivity index (χ3v) is 6.09. The van der Waals surface area contributed by atoms with Crippen molar-refractivity contribution in [3.8, 4) is 0 Å². The average Bonchev–Trinajstić information content (AvgIpc) is 2.77. The van der Waals surface area contributed by atoms with Gasteiger partial charge in [0.25, 0.3) is 0 Å². The van der Waals surface area contributed by atoms with Crippen LogP contribution in [0.1, 0.15) is 26.7 Å². The number of likely N-dealkylation sites (N-methyl/N-ethyl adjacent to an activating group) is 1. The van der Waals surface area contributed by atoms with Gasteiger partial charge in [-0.3, -0.25) is 4.79 Å². The Morgan fingerprint density at radius 3 is 2.41 bits per heavy atom. The van der Waals surface area contributed by atoms with E-state index in [0.29, 0.717) is 6.54 Å². The van der Waals surface area contributed by atoms with E-state index in [0.717, 1.165) is 61.7 Å². The monoisotopic (exact) mass is 459 g/mol. The molecule has 0 radical (unpaired) electrons. The lowest BCUT2D eigenvalue weighted by Gasteiger charge is -2.35. The number of carbonyl (C=O) groups excluding carboxylic acids is 1. The van der Waals surface area contributed by atoms with Crippen molar-refractivity contribution in [1.82, 2.24) is 14.9 Å². The van der Waals surface area contributed by atoms with Gasteiger partial charge in [0, 0.05) is 54.7 Å². The van der Waals surface area contributed by atoms with Crippen molar-refractivity contribution in [3.63, 3.8) is 0 Å². The van der Waals surface area contributed by atoms with Crippen molar-refractivity contribution in [2.75, 3.05) is 49.1 Å². The molecule has 0 saturated carbocycles. The number of anilines is 2. The molecule has 1 fully saturated rings. The fourth-order valence-corrected chi connectivity index (χ4v) is 4.18. The second-order valence-corrected chi connectivity index (χ2v) is 8.22. The highest BCUT2D eigenvalue weighted by Crippen LogP contribution is 2.26. The van der Waals surface area contributed by atoms with Gasteiger partial charge in [-0.05, 0) is 50.2 Å².